The summed E-state index contributed by atoms with van der Waals surface area (Å²) < 4.78 is 4.95. The van der Waals surface area contributed by atoms with Gasteiger partial charge in [-0.3, -0.25) is 14.6 Å². The highest BCUT2D eigenvalue weighted by molar-refractivity contribution is 5.94. The number of carbonyl (C=O) groups excluding carboxylic acids is 2. The summed E-state index contributed by atoms with van der Waals surface area (Å²) in [7, 11) is 0. The van der Waals surface area contributed by atoms with Crippen LogP contribution in [-0.4, -0.2) is 41.3 Å². The molecule has 6 nitrogen and oxygen atoms in total. The maximum Gasteiger partial charge on any atom is 0.269 e. The quantitative estimate of drug-likeness (QED) is 0.936. The van der Waals surface area contributed by atoms with Crippen LogP contribution in [0.2, 0.25) is 0 Å². The smallest absolute Gasteiger partial charge is 0.269 e. The third-order valence-electron chi connectivity index (χ3n) is 4.12. The molecule has 120 valence electrons. The molecule has 1 aliphatic heterocycles. The normalized spacial score (nSPS) is 15.4. The molecule has 0 radical (unpaired) electrons. The molecule has 0 spiro atoms. The third-order valence-corrected chi connectivity index (χ3v) is 4.12. The van der Waals surface area contributed by atoms with Gasteiger partial charge in [0.2, 0.25) is 0 Å². The second-order valence-corrected chi connectivity index (χ2v) is 5.67. The highest BCUT2D eigenvalue weighted by Gasteiger charge is 2.24. The fraction of sp³-hybridized carbons (Fsp3) is 0.353. The van der Waals surface area contributed by atoms with Crippen LogP contribution in [0.4, 0.5) is 0 Å². The van der Waals surface area contributed by atoms with E-state index < -0.39 is 0 Å². The van der Waals surface area contributed by atoms with Crippen molar-refractivity contribution in [1.29, 1.82) is 0 Å². The van der Waals surface area contributed by atoms with Gasteiger partial charge in [0, 0.05) is 25.8 Å². The van der Waals surface area contributed by atoms with Crippen LogP contribution >= 0.6 is 0 Å². The summed E-state index contributed by atoms with van der Waals surface area (Å²) in [6.45, 7) is 2.02. The summed E-state index contributed by atoms with van der Waals surface area (Å²) in [5.74, 6) is 0.244. The number of rotatable bonds is 4. The molecule has 6 heteroatoms. The zero-order valence-electron chi connectivity index (χ0n) is 12.8. The first-order valence-corrected chi connectivity index (χ1v) is 7.75. The molecular formula is C17H19N3O3. The predicted octanol–water partition coefficient (Wildman–Crippen LogP) is 1.96. The third kappa shape index (κ3) is 3.77. The van der Waals surface area contributed by atoms with Gasteiger partial charge in [-0.25, -0.2) is 0 Å². The Labute approximate surface area is 134 Å². The van der Waals surface area contributed by atoms with Gasteiger partial charge in [-0.1, -0.05) is 6.07 Å². The zero-order valence-corrected chi connectivity index (χ0v) is 12.8. The number of piperidine rings is 1. The number of furan rings is 1. The number of nitrogens with zero attached hydrogens (tertiary/aromatic N) is 2. The lowest BCUT2D eigenvalue weighted by Crippen LogP contribution is -2.41. The summed E-state index contributed by atoms with van der Waals surface area (Å²) in [6, 6.07) is 6.95. The molecule has 2 aromatic heterocycles. The van der Waals surface area contributed by atoms with E-state index in [1.165, 1.54) is 12.5 Å². The molecule has 0 aliphatic carbocycles. The lowest BCUT2D eigenvalue weighted by Gasteiger charge is -2.31. The van der Waals surface area contributed by atoms with Crippen molar-refractivity contribution < 1.29 is 14.0 Å². The van der Waals surface area contributed by atoms with Gasteiger partial charge < -0.3 is 14.6 Å². The van der Waals surface area contributed by atoms with Crippen LogP contribution in [0.25, 0.3) is 0 Å². The summed E-state index contributed by atoms with van der Waals surface area (Å²) in [4.78, 5) is 30.0. The van der Waals surface area contributed by atoms with Crippen molar-refractivity contribution in [3.63, 3.8) is 0 Å². The van der Waals surface area contributed by atoms with Crippen LogP contribution < -0.4 is 5.32 Å². The lowest BCUT2D eigenvalue weighted by molar-refractivity contribution is 0.0683. The first-order valence-electron chi connectivity index (χ1n) is 7.75. The van der Waals surface area contributed by atoms with Crippen LogP contribution in [0.5, 0.6) is 0 Å². The van der Waals surface area contributed by atoms with Gasteiger partial charge in [-0.15, -0.1) is 0 Å². The van der Waals surface area contributed by atoms with E-state index in [2.05, 4.69) is 10.3 Å². The number of aromatic nitrogens is 1. The first-order chi connectivity index (χ1) is 11.2. The molecule has 1 N–H and O–H groups in total. The van der Waals surface area contributed by atoms with Crippen LogP contribution in [-0.2, 0) is 0 Å². The molecule has 0 bridgehead atoms. The predicted molar refractivity (Wildman–Crippen MR) is 83.9 cm³/mol. The molecular weight excluding hydrogens is 294 g/mol. The topological polar surface area (TPSA) is 75.4 Å². The minimum absolute atomic E-state index is 0.00900. The van der Waals surface area contributed by atoms with Gasteiger partial charge in [-0.05, 0) is 37.0 Å². The Kier molecular flexibility index (Phi) is 4.71. The van der Waals surface area contributed by atoms with Gasteiger partial charge in [0.05, 0.1) is 11.8 Å². The van der Waals surface area contributed by atoms with Crippen molar-refractivity contribution in [2.24, 2.45) is 5.92 Å². The molecule has 23 heavy (non-hydrogen) atoms. The molecule has 1 fully saturated rings. The van der Waals surface area contributed by atoms with Crippen LogP contribution in [0.15, 0.2) is 47.4 Å². The van der Waals surface area contributed by atoms with Crippen molar-refractivity contribution in [3.05, 3.63) is 54.2 Å². The Bertz CT molecular complexity index is 647. The molecule has 1 saturated heterocycles. The minimum atomic E-state index is -0.150. The molecule has 2 amide bonds. The number of amides is 2. The average Bonchev–Trinajstić information content (AvgIpc) is 3.15. The summed E-state index contributed by atoms with van der Waals surface area (Å²) in [5, 5.41) is 2.92. The molecule has 0 atom stereocenters. The Morgan fingerprint density at radius 3 is 2.74 bits per heavy atom. The lowest BCUT2D eigenvalue weighted by atomic mass is 9.96. The second kappa shape index (κ2) is 7.09. The molecule has 2 aromatic rings. The largest absolute Gasteiger partial charge is 0.472 e. The SMILES string of the molecule is O=C(NCC1CCN(C(=O)c2ccoc2)CC1)c1ccccn1. The number of nitrogens with one attached hydrogen (secondary N) is 1. The maximum atomic E-state index is 12.2. The van der Waals surface area contributed by atoms with E-state index in [1.54, 1.807) is 30.5 Å². The van der Waals surface area contributed by atoms with E-state index in [0.717, 1.165) is 12.8 Å². The number of likely N-dealkylation sites (tertiary alicyclic amines) is 1. The Hall–Kier alpha value is -2.63. The van der Waals surface area contributed by atoms with Crippen LogP contribution in [0.3, 0.4) is 0 Å². The standard InChI is InChI=1S/C17H19N3O3/c21-16(15-3-1-2-7-18-15)19-11-13-4-8-20(9-5-13)17(22)14-6-10-23-12-14/h1-3,6-7,10,12-13H,4-5,8-9,11H2,(H,19,21). The van der Waals surface area contributed by atoms with Crippen molar-refractivity contribution in [3.8, 4) is 0 Å². The van der Waals surface area contributed by atoms with Crippen molar-refractivity contribution in [1.82, 2.24) is 15.2 Å². The van der Waals surface area contributed by atoms with E-state index >= 15 is 0 Å². The second-order valence-electron chi connectivity index (χ2n) is 5.67. The van der Waals surface area contributed by atoms with Crippen molar-refractivity contribution >= 4 is 11.8 Å². The van der Waals surface area contributed by atoms with Gasteiger partial charge in [0.1, 0.15) is 12.0 Å². The van der Waals surface area contributed by atoms with Gasteiger partial charge >= 0.3 is 0 Å². The molecule has 0 aromatic carbocycles. The number of pyridine rings is 1. The Morgan fingerprint density at radius 1 is 1.26 bits per heavy atom. The van der Waals surface area contributed by atoms with E-state index in [-0.39, 0.29) is 11.8 Å². The Morgan fingerprint density at radius 2 is 2.09 bits per heavy atom. The molecule has 3 heterocycles. The van der Waals surface area contributed by atoms with Gasteiger partial charge in [0.25, 0.3) is 11.8 Å². The first kappa shape index (κ1) is 15.3. The molecule has 0 unspecified atom stereocenters. The van der Waals surface area contributed by atoms with Crippen LogP contribution in [0, 0.1) is 5.92 Å². The molecule has 0 saturated carbocycles. The zero-order chi connectivity index (χ0) is 16.1. The van der Waals surface area contributed by atoms with Gasteiger partial charge in [0.15, 0.2) is 0 Å². The Balaban J connectivity index is 1.44. The van der Waals surface area contributed by atoms with E-state index in [0.29, 0.717) is 36.8 Å². The van der Waals surface area contributed by atoms with Crippen molar-refractivity contribution in [2.75, 3.05) is 19.6 Å². The highest BCUT2D eigenvalue weighted by Crippen LogP contribution is 2.18. The van der Waals surface area contributed by atoms with Crippen molar-refractivity contribution in [2.45, 2.75) is 12.8 Å². The maximum absolute atomic E-state index is 12.2. The summed E-state index contributed by atoms with van der Waals surface area (Å²) in [6.07, 6.45) is 6.35. The minimum Gasteiger partial charge on any atom is -0.472 e. The fourth-order valence-electron chi connectivity index (χ4n) is 2.73. The van der Waals surface area contributed by atoms with Crippen LogP contribution in [0.1, 0.15) is 33.7 Å². The molecule has 3 rings (SSSR count). The average molecular weight is 313 g/mol. The van der Waals surface area contributed by atoms with E-state index in [1.807, 2.05) is 4.90 Å². The molecule has 1 aliphatic rings. The monoisotopic (exact) mass is 313 g/mol. The summed E-state index contributed by atoms with van der Waals surface area (Å²) in [5.41, 5.74) is 1.02. The fourth-order valence-corrected chi connectivity index (χ4v) is 2.73. The number of hydrogen-bond donors (Lipinski definition) is 1. The summed E-state index contributed by atoms with van der Waals surface area (Å²) >= 11 is 0. The van der Waals surface area contributed by atoms with E-state index in [4.69, 9.17) is 4.42 Å². The number of hydrogen-bond acceptors (Lipinski definition) is 4. The van der Waals surface area contributed by atoms with E-state index in [9.17, 15) is 9.59 Å². The highest BCUT2D eigenvalue weighted by atomic mass is 16.3. The van der Waals surface area contributed by atoms with Gasteiger partial charge in [-0.2, -0.15) is 0 Å². The number of carbonyl (C=O) groups is 2.